The number of hydrogen-bond acceptors (Lipinski definition) is 0. The predicted octanol–water partition coefficient (Wildman–Crippen LogP) is 3.56. The molecule has 1 heteroatoms. The summed E-state index contributed by atoms with van der Waals surface area (Å²) in [6.07, 6.45) is 5.64. The summed E-state index contributed by atoms with van der Waals surface area (Å²) in [6, 6.07) is 0. The zero-order valence-electron chi connectivity index (χ0n) is 7.20. The first-order chi connectivity index (χ1) is 4.85. The molecular formula is C9H19F. The Hall–Kier alpha value is -0.0700. The highest BCUT2D eigenvalue weighted by Crippen LogP contribution is 2.16. The topological polar surface area (TPSA) is 0 Å². The fraction of sp³-hybridized carbons (Fsp3) is 1.00. The lowest BCUT2D eigenvalue weighted by molar-refractivity contribution is 0.355. The van der Waals surface area contributed by atoms with Crippen molar-refractivity contribution in [1.82, 2.24) is 0 Å². The molecule has 0 aliphatic carbocycles. The Morgan fingerprint density at radius 2 is 1.90 bits per heavy atom. The van der Waals surface area contributed by atoms with Crippen LogP contribution in [-0.4, -0.2) is 6.67 Å². The second-order valence-corrected chi connectivity index (χ2v) is 2.89. The van der Waals surface area contributed by atoms with Crippen LogP contribution in [0.15, 0.2) is 0 Å². The standard InChI is InChI=1S/C9H19F/c1-3-5-6-9(4-2)7-8-10/h9H,3-8H2,1-2H3. The molecule has 10 heavy (non-hydrogen) atoms. The van der Waals surface area contributed by atoms with Crippen LogP contribution in [0.25, 0.3) is 0 Å². The molecule has 0 heterocycles. The van der Waals surface area contributed by atoms with Crippen LogP contribution in [0.5, 0.6) is 0 Å². The molecule has 0 radical (unpaired) electrons. The minimum Gasteiger partial charge on any atom is -0.251 e. The minimum absolute atomic E-state index is 0.137. The van der Waals surface area contributed by atoms with Gasteiger partial charge in [-0.2, -0.15) is 0 Å². The molecule has 0 aliphatic heterocycles. The maximum Gasteiger partial charge on any atom is 0.0897 e. The van der Waals surface area contributed by atoms with Crippen molar-refractivity contribution in [2.75, 3.05) is 6.67 Å². The van der Waals surface area contributed by atoms with E-state index in [1.54, 1.807) is 0 Å². The molecular weight excluding hydrogens is 127 g/mol. The van der Waals surface area contributed by atoms with Crippen molar-refractivity contribution in [3.8, 4) is 0 Å². The minimum atomic E-state index is -0.137. The Kier molecular flexibility index (Phi) is 6.99. The molecule has 0 aromatic carbocycles. The SMILES string of the molecule is CCCCC(CC)CCF. The van der Waals surface area contributed by atoms with Gasteiger partial charge in [-0.15, -0.1) is 0 Å². The Morgan fingerprint density at radius 3 is 2.30 bits per heavy atom. The zero-order chi connectivity index (χ0) is 7.82. The quantitative estimate of drug-likeness (QED) is 0.537. The van der Waals surface area contributed by atoms with Crippen LogP contribution in [0.4, 0.5) is 4.39 Å². The van der Waals surface area contributed by atoms with Crippen molar-refractivity contribution >= 4 is 0 Å². The van der Waals surface area contributed by atoms with Crippen molar-refractivity contribution in [3.05, 3.63) is 0 Å². The maximum atomic E-state index is 11.9. The van der Waals surface area contributed by atoms with Gasteiger partial charge in [0.2, 0.25) is 0 Å². The van der Waals surface area contributed by atoms with E-state index in [0.29, 0.717) is 5.92 Å². The van der Waals surface area contributed by atoms with E-state index in [1.807, 2.05) is 0 Å². The average Bonchev–Trinajstić information content (AvgIpc) is 1.98. The fourth-order valence-corrected chi connectivity index (χ4v) is 1.20. The number of halogens is 1. The molecule has 0 saturated carbocycles. The van der Waals surface area contributed by atoms with Crippen LogP contribution in [0.3, 0.4) is 0 Å². The van der Waals surface area contributed by atoms with Gasteiger partial charge in [-0.05, 0) is 12.3 Å². The molecule has 1 atom stereocenters. The van der Waals surface area contributed by atoms with Crippen molar-refractivity contribution in [2.24, 2.45) is 5.92 Å². The summed E-state index contributed by atoms with van der Waals surface area (Å²) in [5, 5.41) is 0. The lowest BCUT2D eigenvalue weighted by Gasteiger charge is -2.10. The molecule has 0 bridgehead atoms. The molecule has 0 saturated heterocycles. The zero-order valence-corrected chi connectivity index (χ0v) is 7.20. The molecule has 0 rings (SSSR count). The second kappa shape index (κ2) is 7.04. The highest BCUT2D eigenvalue weighted by molar-refractivity contribution is 4.55. The molecule has 0 spiro atoms. The number of unbranched alkanes of at least 4 members (excludes halogenated alkanes) is 1. The van der Waals surface area contributed by atoms with E-state index in [4.69, 9.17) is 0 Å². The fourth-order valence-electron chi connectivity index (χ4n) is 1.20. The molecule has 0 aliphatic rings. The third-order valence-electron chi connectivity index (χ3n) is 2.06. The van der Waals surface area contributed by atoms with Gasteiger partial charge in [-0.3, -0.25) is 4.39 Å². The van der Waals surface area contributed by atoms with Gasteiger partial charge in [0.25, 0.3) is 0 Å². The summed E-state index contributed by atoms with van der Waals surface area (Å²) in [4.78, 5) is 0. The summed E-state index contributed by atoms with van der Waals surface area (Å²) in [5.41, 5.74) is 0. The van der Waals surface area contributed by atoms with Gasteiger partial charge >= 0.3 is 0 Å². The van der Waals surface area contributed by atoms with Gasteiger partial charge < -0.3 is 0 Å². The van der Waals surface area contributed by atoms with Gasteiger partial charge in [-0.1, -0.05) is 39.5 Å². The Balaban J connectivity index is 3.21. The van der Waals surface area contributed by atoms with E-state index in [9.17, 15) is 4.39 Å². The summed E-state index contributed by atoms with van der Waals surface area (Å²) >= 11 is 0. The maximum absolute atomic E-state index is 11.9. The summed E-state index contributed by atoms with van der Waals surface area (Å²) < 4.78 is 11.9. The van der Waals surface area contributed by atoms with Gasteiger partial charge in [0, 0.05) is 0 Å². The van der Waals surface area contributed by atoms with Crippen LogP contribution in [0, 0.1) is 5.92 Å². The van der Waals surface area contributed by atoms with E-state index in [2.05, 4.69) is 13.8 Å². The lowest BCUT2D eigenvalue weighted by atomic mass is 9.97. The molecule has 0 aromatic heterocycles. The summed E-state index contributed by atoms with van der Waals surface area (Å²) in [5.74, 6) is 0.643. The number of hydrogen-bond donors (Lipinski definition) is 0. The number of rotatable bonds is 6. The van der Waals surface area contributed by atoms with Gasteiger partial charge in [0.15, 0.2) is 0 Å². The van der Waals surface area contributed by atoms with E-state index >= 15 is 0 Å². The normalized spacial score (nSPS) is 13.5. The van der Waals surface area contributed by atoms with E-state index in [0.717, 1.165) is 12.8 Å². The molecule has 0 N–H and O–H groups in total. The van der Waals surface area contributed by atoms with Crippen LogP contribution in [0.1, 0.15) is 46.0 Å². The molecule has 1 unspecified atom stereocenters. The summed E-state index contributed by atoms with van der Waals surface area (Å²) in [7, 11) is 0. The third-order valence-corrected chi connectivity index (χ3v) is 2.06. The van der Waals surface area contributed by atoms with Crippen molar-refractivity contribution in [3.63, 3.8) is 0 Å². The molecule has 62 valence electrons. The Morgan fingerprint density at radius 1 is 1.20 bits per heavy atom. The Labute approximate surface area is 63.8 Å². The molecule has 0 fully saturated rings. The van der Waals surface area contributed by atoms with Gasteiger partial charge in [0.1, 0.15) is 0 Å². The van der Waals surface area contributed by atoms with Crippen molar-refractivity contribution in [2.45, 2.75) is 46.0 Å². The van der Waals surface area contributed by atoms with E-state index in [1.165, 1.54) is 19.3 Å². The van der Waals surface area contributed by atoms with E-state index in [-0.39, 0.29) is 6.67 Å². The first-order valence-corrected chi connectivity index (χ1v) is 4.41. The first-order valence-electron chi connectivity index (χ1n) is 4.41. The second-order valence-electron chi connectivity index (χ2n) is 2.89. The highest BCUT2D eigenvalue weighted by Gasteiger charge is 2.03. The largest absolute Gasteiger partial charge is 0.251 e. The average molecular weight is 146 g/mol. The summed E-state index contributed by atoms with van der Waals surface area (Å²) in [6.45, 7) is 4.19. The van der Waals surface area contributed by atoms with Crippen molar-refractivity contribution < 1.29 is 4.39 Å². The van der Waals surface area contributed by atoms with Crippen molar-refractivity contribution in [1.29, 1.82) is 0 Å². The molecule has 0 nitrogen and oxygen atoms in total. The predicted molar refractivity (Wildman–Crippen MR) is 43.9 cm³/mol. The Bertz CT molecular complexity index is 61.7. The lowest BCUT2D eigenvalue weighted by Crippen LogP contribution is -1.99. The van der Waals surface area contributed by atoms with Gasteiger partial charge in [-0.25, -0.2) is 0 Å². The van der Waals surface area contributed by atoms with E-state index < -0.39 is 0 Å². The first kappa shape index (κ1) is 9.93. The van der Waals surface area contributed by atoms with Crippen LogP contribution < -0.4 is 0 Å². The van der Waals surface area contributed by atoms with Gasteiger partial charge in [0.05, 0.1) is 6.67 Å². The van der Waals surface area contributed by atoms with Crippen LogP contribution in [0.2, 0.25) is 0 Å². The smallest absolute Gasteiger partial charge is 0.0897 e. The highest BCUT2D eigenvalue weighted by atomic mass is 19.1. The molecule has 0 aromatic rings. The number of alkyl halides is 1. The third kappa shape index (κ3) is 4.78. The van der Waals surface area contributed by atoms with Crippen LogP contribution in [-0.2, 0) is 0 Å². The monoisotopic (exact) mass is 146 g/mol. The molecule has 0 amide bonds. The van der Waals surface area contributed by atoms with Crippen LogP contribution >= 0.6 is 0 Å².